The van der Waals surface area contributed by atoms with Crippen LogP contribution in [0.15, 0.2) is 60.7 Å². The van der Waals surface area contributed by atoms with Crippen LogP contribution in [0.5, 0.6) is 17.2 Å². The Morgan fingerprint density at radius 1 is 0.931 bits per heavy atom. The van der Waals surface area contributed by atoms with Gasteiger partial charge in [0, 0.05) is 25.2 Å². The van der Waals surface area contributed by atoms with Crippen LogP contribution in [-0.2, 0) is 13.1 Å². The summed E-state index contributed by atoms with van der Waals surface area (Å²) in [7, 11) is 3.39. The van der Waals surface area contributed by atoms with E-state index in [0.717, 1.165) is 53.6 Å². The first-order valence-electron chi connectivity index (χ1n) is 9.92. The van der Waals surface area contributed by atoms with Crippen molar-refractivity contribution in [1.29, 1.82) is 0 Å². The molecule has 3 aromatic carbocycles. The normalized spacial score (nSPS) is 13.9. The molecule has 0 atom stereocenters. The van der Waals surface area contributed by atoms with Crippen LogP contribution in [-0.4, -0.2) is 32.3 Å². The lowest BCUT2D eigenvalue weighted by atomic mass is 10.0. The van der Waals surface area contributed by atoms with Crippen LogP contribution in [0.2, 0.25) is 0 Å². The van der Waals surface area contributed by atoms with Crippen molar-refractivity contribution in [2.24, 2.45) is 0 Å². The summed E-state index contributed by atoms with van der Waals surface area (Å²) in [6, 6.07) is 21.0. The minimum atomic E-state index is 0.647. The summed E-state index contributed by atoms with van der Waals surface area (Å²) in [5, 5.41) is 0. The molecule has 0 spiro atoms. The monoisotopic (exact) mass is 389 g/mol. The van der Waals surface area contributed by atoms with E-state index in [1.165, 1.54) is 11.1 Å². The molecule has 0 unspecified atom stereocenters. The van der Waals surface area contributed by atoms with Crippen molar-refractivity contribution in [2.45, 2.75) is 20.0 Å². The summed E-state index contributed by atoms with van der Waals surface area (Å²) in [5.74, 6) is 2.47. The fraction of sp³-hybridized carbons (Fsp3) is 0.280. The van der Waals surface area contributed by atoms with E-state index >= 15 is 0 Å². The van der Waals surface area contributed by atoms with E-state index < -0.39 is 0 Å². The maximum Gasteiger partial charge on any atom is 0.165 e. The average molecular weight is 389 g/mol. The van der Waals surface area contributed by atoms with Gasteiger partial charge in [-0.25, -0.2) is 0 Å². The number of ether oxygens (including phenoxy) is 3. The van der Waals surface area contributed by atoms with Crippen LogP contribution in [0.4, 0.5) is 0 Å². The largest absolute Gasteiger partial charge is 0.497 e. The van der Waals surface area contributed by atoms with Gasteiger partial charge in [0.05, 0.1) is 14.2 Å². The van der Waals surface area contributed by atoms with Crippen LogP contribution >= 0.6 is 0 Å². The Balaban J connectivity index is 1.67. The first-order chi connectivity index (χ1) is 14.2. The molecule has 0 amide bonds. The van der Waals surface area contributed by atoms with Gasteiger partial charge in [-0.3, -0.25) is 4.90 Å². The molecule has 0 N–H and O–H groups in total. The van der Waals surface area contributed by atoms with Gasteiger partial charge in [-0.1, -0.05) is 42.0 Å². The van der Waals surface area contributed by atoms with Gasteiger partial charge >= 0.3 is 0 Å². The predicted octanol–water partition coefficient (Wildman–Crippen LogP) is 5.07. The number of nitrogens with zero attached hydrogens (tertiary/aromatic N) is 1. The van der Waals surface area contributed by atoms with E-state index in [4.69, 9.17) is 14.2 Å². The molecule has 0 saturated heterocycles. The average Bonchev–Trinajstić information content (AvgIpc) is 2.94. The van der Waals surface area contributed by atoms with Gasteiger partial charge in [-0.15, -0.1) is 0 Å². The summed E-state index contributed by atoms with van der Waals surface area (Å²) < 4.78 is 17.2. The van der Waals surface area contributed by atoms with Crippen molar-refractivity contribution in [3.8, 4) is 28.4 Å². The molecule has 29 heavy (non-hydrogen) atoms. The lowest BCUT2D eigenvalue weighted by molar-refractivity contribution is 0.217. The van der Waals surface area contributed by atoms with E-state index in [-0.39, 0.29) is 0 Å². The van der Waals surface area contributed by atoms with Crippen molar-refractivity contribution < 1.29 is 14.2 Å². The fourth-order valence-electron chi connectivity index (χ4n) is 3.86. The number of fused-ring (bicyclic) bond motifs is 1. The number of rotatable bonds is 5. The smallest absolute Gasteiger partial charge is 0.165 e. The van der Waals surface area contributed by atoms with Crippen molar-refractivity contribution >= 4 is 0 Å². The molecule has 0 saturated carbocycles. The highest BCUT2D eigenvalue weighted by Gasteiger charge is 2.21. The van der Waals surface area contributed by atoms with Crippen molar-refractivity contribution in [1.82, 2.24) is 4.90 Å². The van der Waals surface area contributed by atoms with E-state index in [1.54, 1.807) is 14.2 Å². The van der Waals surface area contributed by atoms with Gasteiger partial charge in [-0.05, 0) is 47.9 Å². The first-order valence-corrected chi connectivity index (χ1v) is 9.92. The molecule has 0 aliphatic carbocycles. The fourth-order valence-corrected chi connectivity index (χ4v) is 3.86. The summed E-state index contributed by atoms with van der Waals surface area (Å²) in [6.07, 6.45) is 0. The number of benzene rings is 3. The van der Waals surface area contributed by atoms with E-state index in [1.807, 2.05) is 24.3 Å². The second-order valence-electron chi connectivity index (χ2n) is 7.45. The van der Waals surface area contributed by atoms with Crippen LogP contribution in [0.25, 0.3) is 11.1 Å². The molecule has 1 aliphatic rings. The second-order valence-corrected chi connectivity index (χ2v) is 7.45. The highest BCUT2D eigenvalue weighted by molar-refractivity contribution is 5.70. The molecule has 4 rings (SSSR count). The third-order valence-electron chi connectivity index (χ3n) is 5.29. The van der Waals surface area contributed by atoms with Crippen LogP contribution in [0, 0.1) is 6.92 Å². The maximum absolute atomic E-state index is 6.11. The predicted molar refractivity (Wildman–Crippen MR) is 116 cm³/mol. The standard InChI is InChI=1S/C25H27NO3/c1-18-6-4-7-19(12-18)16-26-10-11-29-25-22(17-26)13-21(15-24(25)28-3)20-8-5-9-23(14-20)27-2/h4-9,12-15H,10-11,16-17H2,1-3H3. The SMILES string of the molecule is COc1cccc(-c2cc3c(c(OC)c2)OCCN(Cc2cccc(C)c2)C3)c1. The van der Waals surface area contributed by atoms with E-state index in [2.05, 4.69) is 48.2 Å². The quantitative estimate of drug-likeness (QED) is 0.609. The molecule has 4 nitrogen and oxygen atoms in total. The molecule has 4 heteroatoms. The van der Waals surface area contributed by atoms with Gasteiger partial charge < -0.3 is 14.2 Å². The molecular formula is C25H27NO3. The number of methoxy groups -OCH3 is 2. The lowest BCUT2D eigenvalue weighted by Crippen LogP contribution is -2.25. The Morgan fingerprint density at radius 3 is 2.59 bits per heavy atom. The first kappa shape index (κ1) is 19.3. The molecule has 0 aromatic heterocycles. The minimum absolute atomic E-state index is 0.647. The van der Waals surface area contributed by atoms with Crippen LogP contribution in [0.3, 0.4) is 0 Å². The van der Waals surface area contributed by atoms with Crippen molar-refractivity contribution in [3.05, 3.63) is 77.4 Å². The van der Waals surface area contributed by atoms with E-state index in [9.17, 15) is 0 Å². The van der Waals surface area contributed by atoms with Crippen molar-refractivity contribution in [2.75, 3.05) is 27.4 Å². The van der Waals surface area contributed by atoms with Gasteiger partial charge in [0.2, 0.25) is 0 Å². The Morgan fingerprint density at radius 2 is 1.79 bits per heavy atom. The zero-order chi connectivity index (χ0) is 20.2. The minimum Gasteiger partial charge on any atom is -0.497 e. The van der Waals surface area contributed by atoms with E-state index in [0.29, 0.717) is 6.61 Å². The third-order valence-corrected chi connectivity index (χ3v) is 5.29. The maximum atomic E-state index is 6.11. The van der Waals surface area contributed by atoms with Crippen molar-refractivity contribution in [3.63, 3.8) is 0 Å². The second kappa shape index (κ2) is 8.58. The molecule has 0 radical (unpaired) electrons. The molecule has 3 aromatic rings. The lowest BCUT2D eigenvalue weighted by Gasteiger charge is -2.20. The Labute approximate surface area is 172 Å². The zero-order valence-corrected chi connectivity index (χ0v) is 17.3. The Bertz CT molecular complexity index is 999. The number of hydrogen-bond donors (Lipinski definition) is 0. The summed E-state index contributed by atoms with van der Waals surface area (Å²) in [5.41, 5.74) is 5.95. The van der Waals surface area contributed by atoms with Crippen LogP contribution in [0.1, 0.15) is 16.7 Å². The zero-order valence-electron chi connectivity index (χ0n) is 17.3. The molecule has 1 aliphatic heterocycles. The number of aryl methyl sites for hydroxylation is 1. The molecule has 150 valence electrons. The van der Waals surface area contributed by atoms with Gasteiger partial charge in [-0.2, -0.15) is 0 Å². The summed E-state index contributed by atoms with van der Waals surface area (Å²) in [6.45, 7) is 5.37. The molecule has 0 fully saturated rings. The molecule has 0 bridgehead atoms. The summed E-state index contributed by atoms with van der Waals surface area (Å²) >= 11 is 0. The van der Waals surface area contributed by atoms with Gasteiger partial charge in [0.1, 0.15) is 12.4 Å². The highest BCUT2D eigenvalue weighted by atomic mass is 16.5. The topological polar surface area (TPSA) is 30.9 Å². The summed E-state index contributed by atoms with van der Waals surface area (Å²) in [4.78, 5) is 2.43. The third kappa shape index (κ3) is 4.38. The Hall–Kier alpha value is -2.98. The van der Waals surface area contributed by atoms with Gasteiger partial charge in [0.25, 0.3) is 0 Å². The highest BCUT2D eigenvalue weighted by Crippen LogP contribution is 2.39. The molecule has 1 heterocycles. The molecular weight excluding hydrogens is 362 g/mol. The van der Waals surface area contributed by atoms with Gasteiger partial charge in [0.15, 0.2) is 11.5 Å². The number of hydrogen-bond acceptors (Lipinski definition) is 4. The Kier molecular flexibility index (Phi) is 5.72. The van der Waals surface area contributed by atoms with Crippen LogP contribution < -0.4 is 14.2 Å².